The summed E-state index contributed by atoms with van der Waals surface area (Å²) in [5.74, 6) is -1.22. The molecule has 0 fully saturated rings. The third-order valence-corrected chi connectivity index (χ3v) is 5.03. The molecule has 0 amide bonds. The number of hydrogen-bond donors (Lipinski definition) is 1. The average molecular weight is 388 g/mol. The zero-order valence-corrected chi connectivity index (χ0v) is 14.7. The quantitative estimate of drug-likeness (QED) is 0.583. The molecular formula is C16H15ClFNO5S. The number of ether oxygens (including phenoxy) is 2. The maximum Gasteiger partial charge on any atom is 0.338 e. The van der Waals surface area contributed by atoms with Crippen LogP contribution in [0, 0.1) is 5.82 Å². The Morgan fingerprint density at radius 2 is 1.92 bits per heavy atom. The highest BCUT2D eigenvalue weighted by molar-refractivity contribution is 7.89. The fourth-order valence-electron chi connectivity index (χ4n) is 1.88. The molecule has 0 aromatic heterocycles. The summed E-state index contributed by atoms with van der Waals surface area (Å²) in [5, 5.41) is -0.0196. The number of benzene rings is 2. The topological polar surface area (TPSA) is 81.7 Å². The number of nitrogens with one attached hydrogen (secondary N) is 1. The first-order valence-corrected chi connectivity index (χ1v) is 8.99. The Hall–Kier alpha value is -2.16. The van der Waals surface area contributed by atoms with Gasteiger partial charge in [-0.15, -0.1) is 0 Å². The van der Waals surface area contributed by atoms with E-state index in [-0.39, 0.29) is 34.4 Å². The largest absolute Gasteiger partial charge is 0.487 e. The van der Waals surface area contributed by atoms with E-state index in [0.29, 0.717) is 0 Å². The Labute approximate surface area is 149 Å². The summed E-state index contributed by atoms with van der Waals surface area (Å²) < 4.78 is 49.3. The van der Waals surface area contributed by atoms with Crippen LogP contribution in [0.2, 0.25) is 5.02 Å². The first-order valence-electron chi connectivity index (χ1n) is 7.12. The third-order valence-electron chi connectivity index (χ3n) is 3.14. The summed E-state index contributed by atoms with van der Waals surface area (Å²) in [6, 6.07) is 9.59. The number of sulfonamides is 1. The summed E-state index contributed by atoms with van der Waals surface area (Å²) in [5.41, 5.74) is 0.0177. The van der Waals surface area contributed by atoms with Gasteiger partial charge < -0.3 is 9.47 Å². The van der Waals surface area contributed by atoms with Crippen molar-refractivity contribution in [2.45, 2.75) is 4.90 Å². The summed E-state index contributed by atoms with van der Waals surface area (Å²) in [6.07, 6.45) is 0. The van der Waals surface area contributed by atoms with Crippen molar-refractivity contribution in [3.63, 3.8) is 0 Å². The predicted molar refractivity (Wildman–Crippen MR) is 89.9 cm³/mol. The van der Waals surface area contributed by atoms with Crippen LogP contribution in [0.4, 0.5) is 4.39 Å². The lowest BCUT2D eigenvalue weighted by Gasteiger charge is -2.09. The number of carbonyl (C=O) groups excluding carboxylic acids is 1. The molecule has 134 valence electrons. The lowest BCUT2D eigenvalue weighted by atomic mass is 10.2. The molecule has 0 bridgehead atoms. The van der Waals surface area contributed by atoms with E-state index in [9.17, 15) is 17.6 Å². The van der Waals surface area contributed by atoms with Gasteiger partial charge in [-0.25, -0.2) is 22.3 Å². The SMILES string of the molecule is CNS(=O)(=O)c1cc(C(=O)OCCOc2ccccc2F)ccc1Cl. The van der Waals surface area contributed by atoms with Gasteiger partial charge >= 0.3 is 5.97 Å². The molecule has 2 rings (SSSR count). The monoisotopic (exact) mass is 387 g/mol. The second-order valence-corrected chi connectivity index (χ2v) is 7.03. The molecule has 0 spiro atoms. The van der Waals surface area contributed by atoms with Gasteiger partial charge in [0.05, 0.1) is 10.6 Å². The molecule has 0 saturated heterocycles. The van der Waals surface area contributed by atoms with Crippen LogP contribution in [-0.4, -0.2) is 34.6 Å². The van der Waals surface area contributed by atoms with Crippen LogP contribution in [0.1, 0.15) is 10.4 Å². The van der Waals surface area contributed by atoms with E-state index in [0.717, 1.165) is 6.07 Å². The van der Waals surface area contributed by atoms with E-state index >= 15 is 0 Å². The van der Waals surface area contributed by atoms with Crippen molar-refractivity contribution in [2.24, 2.45) is 0 Å². The van der Waals surface area contributed by atoms with E-state index in [1.807, 2.05) is 0 Å². The summed E-state index contributed by atoms with van der Waals surface area (Å²) in [7, 11) is -2.57. The van der Waals surface area contributed by atoms with Gasteiger partial charge in [0, 0.05) is 0 Å². The van der Waals surface area contributed by atoms with Crippen molar-refractivity contribution in [3.8, 4) is 5.75 Å². The Balaban J connectivity index is 1.97. The van der Waals surface area contributed by atoms with E-state index < -0.39 is 21.8 Å². The summed E-state index contributed by atoms with van der Waals surface area (Å²) in [6.45, 7) is -0.189. The van der Waals surface area contributed by atoms with Gasteiger partial charge in [-0.1, -0.05) is 23.7 Å². The van der Waals surface area contributed by atoms with Gasteiger partial charge in [0.1, 0.15) is 18.1 Å². The molecule has 0 heterocycles. The van der Waals surface area contributed by atoms with Gasteiger partial charge in [0.2, 0.25) is 10.0 Å². The number of hydrogen-bond acceptors (Lipinski definition) is 5. The zero-order valence-electron chi connectivity index (χ0n) is 13.2. The highest BCUT2D eigenvalue weighted by Crippen LogP contribution is 2.23. The van der Waals surface area contributed by atoms with Crippen molar-refractivity contribution < 1.29 is 27.1 Å². The fourth-order valence-corrected chi connectivity index (χ4v) is 3.13. The van der Waals surface area contributed by atoms with Crippen LogP contribution in [0.15, 0.2) is 47.4 Å². The standard InChI is InChI=1S/C16H15ClFNO5S/c1-19-25(21,22)15-10-11(6-7-12(15)17)16(20)24-9-8-23-14-5-3-2-4-13(14)18/h2-7,10,19H,8-9H2,1H3. The minimum Gasteiger partial charge on any atom is -0.487 e. The van der Waals surface area contributed by atoms with Gasteiger partial charge in [-0.05, 0) is 37.4 Å². The van der Waals surface area contributed by atoms with Crippen LogP contribution >= 0.6 is 11.6 Å². The number of halogens is 2. The van der Waals surface area contributed by atoms with Crippen molar-refractivity contribution >= 4 is 27.6 Å². The van der Waals surface area contributed by atoms with Crippen LogP contribution in [0.3, 0.4) is 0 Å². The van der Waals surface area contributed by atoms with E-state index in [2.05, 4.69) is 4.72 Å². The van der Waals surface area contributed by atoms with Crippen molar-refractivity contribution in [1.29, 1.82) is 0 Å². The van der Waals surface area contributed by atoms with Gasteiger partial charge in [0.15, 0.2) is 11.6 Å². The Morgan fingerprint density at radius 3 is 2.60 bits per heavy atom. The highest BCUT2D eigenvalue weighted by Gasteiger charge is 2.19. The minimum absolute atomic E-state index is 0.0177. The maximum absolute atomic E-state index is 13.4. The fraction of sp³-hybridized carbons (Fsp3) is 0.188. The van der Waals surface area contributed by atoms with Crippen molar-refractivity contribution in [3.05, 3.63) is 58.9 Å². The molecule has 0 radical (unpaired) electrons. The maximum atomic E-state index is 13.4. The molecule has 0 saturated carbocycles. The second-order valence-electron chi connectivity index (χ2n) is 4.77. The van der Waals surface area contributed by atoms with Crippen LogP contribution in [0.25, 0.3) is 0 Å². The van der Waals surface area contributed by atoms with Crippen molar-refractivity contribution in [1.82, 2.24) is 4.72 Å². The van der Waals surface area contributed by atoms with E-state index in [4.69, 9.17) is 21.1 Å². The average Bonchev–Trinajstić information content (AvgIpc) is 2.60. The second kappa shape index (κ2) is 8.28. The molecule has 6 nitrogen and oxygen atoms in total. The molecule has 2 aromatic carbocycles. The van der Waals surface area contributed by atoms with Crippen LogP contribution < -0.4 is 9.46 Å². The third kappa shape index (κ3) is 4.91. The Morgan fingerprint density at radius 1 is 1.20 bits per heavy atom. The molecule has 0 atom stereocenters. The Bertz CT molecular complexity index is 873. The lowest BCUT2D eigenvalue weighted by Crippen LogP contribution is -2.20. The molecule has 9 heteroatoms. The normalized spacial score (nSPS) is 11.2. The van der Waals surface area contributed by atoms with Crippen LogP contribution in [0.5, 0.6) is 5.75 Å². The molecule has 25 heavy (non-hydrogen) atoms. The van der Waals surface area contributed by atoms with Gasteiger partial charge in [-0.3, -0.25) is 0 Å². The number of esters is 1. The zero-order chi connectivity index (χ0) is 18.4. The number of carbonyl (C=O) groups is 1. The summed E-state index contributed by atoms with van der Waals surface area (Å²) >= 11 is 5.85. The molecule has 2 aromatic rings. The molecular weight excluding hydrogens is 373 g/mol. The smallest absolute Gasteiger partial charge is 0.338 e. The summed E-state index contributed by atoms with van der Waals surface area (Å²) in [4.78, 5) is 11.8. The molecule has 0 aliphatic carbocycles. The van der Waals surface area contributed by atoms with Gasteiger partial charge in [0.25, 0.3) is 0 Å². The first-order chi connectivity index (χ1) is 11.8. The number of rotatable bonds is 7. The molecule has 0 aliphatic heterocycles. The van der Waals surface area contributed by atoms with Crippen molar-refractivity contribution in [2.75, 3.05) is 20.3 Å². The molecule has 1 N–H and O–H groups in total. The molecule has 0 aliphatic rings. The van der Waals surface area contributed by atoms with Crippen LogP contribution in [-0.2, 0) is 14.8 Å². The predicted octanol–water partition coefficient (Wildman–Crippen LogP) is 2.62. The lowest BCUT2D eigenvalue weighted by molar-refractivity contribution is 0.0448. The van der Waals surface area contributed by atoms with E-state index in [1.54, 1.807) is 6.07 Å². The number of para-hydroxylation sites is 1. The first kappa shape index (κ1) is 19.2. The molecule has 0 unspecified atom stereocenters. The Kier molecular flexibility index (Phi) is 6.35. The minimum atomic E-state index is -3.81. The van der Waals surface area contributed by atoms with E-state index in [1.165, 1.54) is 37.4 Å². The highest BCUT2D eigenvalue weighted by atomic mass is 35.5. The van der Waals surface area contributed by atoms with Gasteiger partial charge in [-0.2, -0.15) is 0 Å².